The van der Waals surface area contributed by atoms with Crippen LogP contribution in [0.15, 0.2) is 91.0 Å². The molecule has 0 radical (unpaired) electrons. The molecule has 6 atom stereocenters. The highest BCUT2D eigenvalue weighted by Crippen LogP contribution is 2.34. The van der Waals surface area contributed by atoms with Crippen LogP contribution in [0.4, 0.5) is 0 Å². The molecule has 0 N–H and O–H groups in total. The summed E-state index contributed by atoms with van der Waals surface area (Å²) < 4.78 is 61.4. The molecule has 0 spiro atoms. The van der Waals surface area contributed by atoms with Gasteiger partial charge < -0.3 is 23.7 Å². The number of hydrogen-bond donors (Lipinski definition) is 0. The van der Waals surface area contributed by atoms with E-state index < -0.39 is 46.9 Å². The summed E-state index contributed by atoms with van der Waals surface area (Å²) in [6.07, 6.45) is -3.19. The van der Waals surface area contributed by atoms with Crippen LogP contribution in [0.1, 0.15) is 30.0 Å². The predicted molar refractivity (Wildman–Crippen MR) is 151 cm³/mol. The van der Waals surface area contributed by atoms with Crippen LogP contribution >= 0.6 is 0 Å². The predicted octanol–water partition coefficient (Wildman–Crippen LogP) is 4.87. The van der Waals surface area contributed by atoms with Crippen LogP contribution in [0.2, 0.25) is 0 Å². The van der Waals surface area contributed by atoms with Crippen molar-refractivity contribution in [3.63, 3.8) is 0 Å². The molecule has 1 aliphatic rings. The number of rotatable bonds is 14. The fraction of sp³-hybridized carbons (Fsp3) is 0.419. The van der Waals surface area contributed by atoms with Crippen molar-refractivity contribution in [2.45, 2.75) is 70.0 Å². The quantitative estimate of drug-likeness (QED) is 0.254. The maximum absolute atomic E-state index is 12.2. The number of benzene rings is 3. The third-order valence-corrected chi connectivity index (χ3v) is 7.28. The van der Waals surface area contributed by atoms with Gasteiger partial charge in [0.1, 0.15) is 30.5 Å². The third kappa shape index (κ3) is 8.68. The second-order valence-corrected chi connectivity index (χ2v) is 11.3. The van der Waals surface area contributed by atoms with E-state index in [0.29, 0.717) is 13.0 Å². The molecule has 216 valence electrons. The van der Waals surface area contributed by atoms with Crippen LogP contribution in [0.5, 0.6) is 0 Å². The molecular weight excluding hydrogens is 532 g/mol. The molecule has 4 rings (SSSR count). The Morgan fingerprint density at radius 2 is 1.12 bits per heavy atom. The molecule has 0 saturated carbocycles. The number of ether oxygens (including phenoxy) is 5. The zero-order chi connectivity index (χ0) is 28.4. The highest BCUT2D eigenvalue weighted by Gasteiger charge is 2.51. The van der Waals surface area contributed by atoms with Crippen molar-refractivity contribution < 1.29 is 36.3 Å². The first-order valence-electron chi connectivity index (χ1n) is 13.4. The Labute approximate surface area is 237 Å². The first-order chi connectivity index (χ1) is 19.4. The Morgan fingerprint density at radius 3 is 1.52 bits per heavy atom. The second kappa shape index (κ2) is 14.8. The minimum atomic E-state index is -3.78. The Morgan fingerprint density at radius 1 is 0.700 bits per heavy atom. The van der Waals surface area contributed by atoms with Gasteiger partial charge in [-0.05, 0) is 23.1 Å². The van der Waals surface area contributed by atoms with Crippen LogP contribution in [0, 0.1) is 0 Å². The van der Waals surface area contributed by atoms with E-state index in [1.807, 2.05) is 97.9 Å². The van der Waals surface area contributed by atoms with Crippen molar-refractivity contribution in [3.05, 3.63) is 108 Å². The lowest BCUT2D eigenvalue weighted by atomic mass is 9.93. The van der Waals surface area contributed by atoms with E-state index in [9.17, 15) is 8.42 Å². The van der Waals surface area contributed by atoms with Gasteiger partial charge in [-0.2, -0.15) is 8.42 Å². The largest absolute Gasteiger partial charge is 0.368 e. The fourth-order valence-corrected chi connectivity index (χ4v) is 5.45. The average molecular weight is 571 g/mol. The normalized spacial score (nSPS) is 24.0. The van der Waals surface area contributed by atoms with E-state index in [4.69, 9.17) is 27.9 Å². The minimum Gasteiger partial charge on any atom is -0.368 e. The Kier molecular flexibility index (Phi) is 11.3. The summed E-state index contributed by atoms with van der Waals surface area (Å²) in [6, 6.07) is 29.3. The smallest absolute Gasteiger partial charge is 0.264 e. The van der Waals surface area contributed by atoms with E-state index in [-0.39, 0.29) is 13.2 Å². The summed E-state index contributed by atoms with van der Waals surface area (Å²) >= 11 is 0. The van der Waals surface area contributed by atoms with Gasteiger partial charge in [-0.25, -0.2) is 0 Å². The van der Waals surface area contributed by atoms with Gasteiger partial charge in [0, 0.05) is 7.11 Å². The molecule has 3 aromatic rings. The summed E-state index contributed by atoms with van der Waals surface area (Å²) in [7, 11) is -2.25. The van der Waals surface area contributed by atoms with Crippen LogP contribution in [-0.2, 0) is 57.8 Å². The zero-order valence-corrected chi connectivity index (χ0v) is 23.9. The molecule has 3 aromatic carbocycles. The molecule has 1 saturated heterocycles. The van der Waals surface area contributed by atoms with Crippen LogP contribution in [0.25, 0.3) is 0 Å². The molecule has 1 fully saturated rings. The van der Waals surface area contributed by atoms with Gasteiger partial charge in [-0.15, -0.1) is 0 Å². The van der Waals surface area contributed by atoms with Gasteiger partial charge in [0.25, 0.3) is 10.1 Å². The topological polar surface area (TPSA) is 89.5 Å². The highest BCUT2D eigenvalue weighted by molar-refractivity contribution is 7.86. The summed E-state index contributed by atoms with van der Waals surface area (Å²) in [4.78, 5) is 0. The van der Waals surface area contributed by atoms with Crippen molar-refractivity contribution in [1.29, 1.82) is 0 Å². The standard InChI is InChI=1S/C31H38O8S/c1-4-26(39-40(3,32)33)27-28(35-20-23-14-8-5-9-15-23)29(36-21-24-16-10-6-11-17-24)30(31(34-2)38-27)37-22-25-18-12-7-13-19-25/h5-19,26-31H,4,20-22H2,1-3H3/t26-,27+,28+,29-,30+,31-/m0/s1. The average Bonchev–Trinajstić information content (AvgIpc) is 2.97. The maximum atomic E-state index is 12.2. The minimum absolute atomic E-state index is 0.259. The molecular formula is C31H38O8S. The molecule has 1 aliphatic heterocycles. The third-order valence-electron chi connectivity index (χ3n) is 6.69. The van der Waals surface area contributed by atoms with Crippen molar-refractivity contribution >= 4 is 10.1 Å². The number of methoxy groups -OCH3 is 1. The van der Waals surface area contributed by atoms with E-state index >= 15 is 0 Å². The monoisotopic (exact) mass is 570 g/mol. The van der Waals surface area contributed by atoms with Crippen molar-refractivity contribution in [1.82, 2.24) is 0 Å². The Bertz CT molecular complexity index is 1240. The molecule has 40 heavy (non-hydrogen) atoms. The highest BCUT2D eigenvalue weighted by atomic mass is 32.2. The first kappa shape index (κ1) is 30.3. The SMILES string of the molecule is CC[C@H](OS(C)(=O)=O)[C@H]1O[C@H](OC)[C@H](OCc2ccccc2)[C@@H](OCc2ccccc2)[C@@H]1OCc1ccccc1. The first-order valence-corrected chi connectivity index (χ1v) is 15.2. The van der Waals surface area contributed by atoms with E-state index in [1.54, 1.807) is 0 Å². The van der Waals surface area contributed by atoms with Gasteiger partial charge in [0.2, 0.25) is 0 Å². The zero-order valence-electron chi connectivity index (χ0n) is 23.1. The summed E-state index contributed by atoms with van der Waals surface area (Å²) in [5.41, 5.74) is 2.91. The molecule has 0 bridgehead atoms. The molecule has 0 aliphatic carbocycles. The molecule has 0 aromatic heterocycles. The lowest BCUT2D eigenvalue weighted by molar-refractivity contribution is -0.327. The van der Waals surface area contributed by atoms with E-state index in [0.717, 1.165) is 22.9 Å². The van der Waals surface area contributed by atoms with Crippen LogP contribution in [0.3, 0.4) is 0 Å². The Hall–Kier alpha value is -2.63. The van der Waals surface area contributed by atoms with Gasteiger partial charge in [-0.3, -0.25) is 4.18 Å². The van der Waals surface area contributed by atoms with Crippen molar-refractivity contribution in [3.8, 4) is 0 Å². The Balaban J connectivity index is 1.68. The molecule has 0 unspecified atom stereocenters. The van der Waals surface area contributed by atoms with Gasteiger partial charge in [0.05, 0.1) is 26.1 Å². The lowest BCUT2D eigenvalue weighted by Crippen LogP contribution is -2.63. The van der Waals surface area contributed by atoms with Crippen molar-refractivity contribution in [2.24, 2.45) is 0 Å². The lowest BCUT2D eigenvalue weighted by Gasteiger charge is -2.47. The summed E-state index contributed by atoms with van der Waals surface area (Å²) in [5, 5.41) is 0. The van der Waals surface area contributed by atoms with Gasteiger partial charge in [0.15, 0.2) is 6.29 Å². The molecule has 9 heteroatoms. The van der Waals surface area contributed by atoms with Crippen molar-refractivity contribution in [2.75, 3.05) is 13.4 Å². The molecule has 8 nitrogen and oxygen atoms in total. The summed E-state index contributed by atoms with van der Waals surface area (Å²) in [5.74, 6) is 0. The van der Waals surface area contributed by atoms with Crippen LogP contribution < -0.4 is 0 Å². The second-order valence-electron chi connectivity index (χ2n) is 9.74. The van der Waals surface area contributed by atoms with Gasteiger partial charge >= 0.3 is 0 Å². The van der Waals surface area contributed by atoms with Crippen LogP contribution in [-0.4, -0.2) is 58.6 Å². The molecule has 1 heterocycles. The molecule has 0 amide bonds. The van der Waals surface area contributed by atoms with E-state index in [2.05, 4.69) is 0 Å². The summed E-state index contributed by atoms with van der Waals surface area (Å²) in [6.45, 7) is 2.68. The number of hydrogen-bond acceptors (Lipinski definition) is 8. The maximum Gasteiger partial charge on any atom is 0.264 e. The fourth-order valence-electron chi connectivity index (χ4n) is 4.76. The van der Waals surface area contributed by atoms with Gasteiger partial charge in [-0.1, -0.05) is 97.9 Å². The van der Waals surface area contributed by atoms with E-state index in [1.165, 1.54) is 7.11 Å².